The van der Waals surface area contributed by atoms with Gasteiger partial charge >= 0.3 is 0 Å². The van der Waals surface area contributed by atoms with E-state index in [-0.39, 0.29) is 0 Å². The second kappa shape index (κ2) is 5.20. The number of hydrogen-bond donors (Lipinski definition) is 1. The highest BCUT2D eigenvalue weighted by molar-refractivity contribution is 7.13. The molecule has 1 fully saturated rings. The van der Waals surface area contributed by atoms with Crippen LogP contribution in [0.1, 0.15) is 37.5 Å². The van der Waals surface area contributed by atoms with Crippen LogP contribution in [-0.4, -0.2) is 16.7 Å². The molecule has 2 heterocycles. The SMILES string of the molecule is NCC1CCC(c2nnc(-c3cccs3)o2)CC1. The van der Waals surface area contributed by atoms with Crippen LogP contribution in [0.3, 0.4) is 0 Å². The standard InChI is InChI=1S/C13H17N3OS/c14-8-9-3-5-10(6-4-9)12-15-16-13(17-12)11-2-1-7-18-11/h1-2,7,9-10H,3-6,8,14H2. The smallest absolute Gasteiger partial charge is 0.257 e. The molecule has 96 valence electrons. The van der Waals surface area contributed by atoms with E-state index in [0.717, 1.165) is 30.2 Å². The molecule has 2 aromatic heterocycles. The molecule has 3 rings (SSSR count). The summed E-state index contributed by atoms with van der Waals surface area (Å²) >= 11 is 1.63. The lowest BCUT2D eigenvalue weighted by molar-refractivity contribution is 0.299. The molecular weight excluding hydrogens is 246 g/mol. The summed E-state index contributed by atoms with van der Waals surface area (Å²) in [6.07, 6.45) is 4.59. The molecule has 1 aliphatic carbocycles. The molecule has 4 nitrogen and oxygen atoms in total. The van der Waals surface area contributed by atoms with Gasteiger partial charge in [-0.1, -0.05) is 6.07 Å². The fourth-order valence-electron chi connectivity index (χ4n) is 2.54. The van der Waals surface area contributed by atoms with Crippen molar-refractivity contribution in [3.8, 4) is 10.8 Å². The van der Waals surface area contributed by atoms with Gasteiger partial charge < -0.3 is 10.2 Å². The minimum absolute atomic E-state index is 0.425. The Morgan fingerprint density at radius 2 is 2.11 bits per heavy atom. The van der Waals surface area contributed by atoms with Crippen LogP contribution in [-0.2, 0) is 0 Å². The van der Waals surface area contributed by atoms with Gasteiger partial charge in [-0.3, -0.25) is 0 Å². The lowest BCUT2D eigenvalue weighted by Crippen LogP contribution is -2.20. The van der Waals surface area contributed by atoms with E-state index in [1.54, 1.807) is 11.3 Å². The Morgan fingerprint density at radius 1 is 1.28 bits per heavy atom. The van der Waals surface area contributed by atoms with Gasteiger partial charge in [0.15, 0.2) is 0 Å². The third-order valence-corrected chi connectivity index (χ3v) is 4.56. The lowest BCUT2D eigenvalue weighted by Gasteiger charge is -2.25. The minimum atomic E-state index is 0.425. The number of rotatable bonds is 3. The van der Waals surface area contributed by atoms with Gasteiger partial charge in [0.05, 0.1) is 4.88 Å². The van der Waals surface area contributed by atoms with E-state index in [2.05, 4.69) is 10.2 Å². The largest absolute Gasteiger partial charge is 0.420 e. The summed E-state index contributed by atoms with van der Waals surface area (Å²) in [6.45, 7) is 0.803. The van der Waals surface area contributed by atoms with Gasteiger partial charge in [-0.2, -0.15) is 0 Å². The Morgan fingerprint density at radius 3 is 2.78 bits per heavy atom. The Hall–Kier alpha value is -1.20. The molecule has 0 spiro atoms. The summed E-state index contributed by atoms with van der Waals surface area (Å²) in [5, 5.41) is 10.4. The Bertz CT molecular complexity index is 486. The van der Waals surface area contributed by atoms with E-state index in [4.69, 9.17) is 10.2 Å². The maximum absolute atomic E-state index is 5.79. The monoisotopic (exact) mass is 263 g/mol. The van der Waals surface area contributed by atoms with Crippen molar-refractivity contribution in [2.45, 2.75) is 31.6 Å². The fourth-order valence-corrected chi connectivity index (χ4v) is 3.19. The average Bonchev–Trinajstić information content (AvgIpc) is 3.09. The lowest BCUT2D eigenvalue weighted by atomic mass is 9.82. The van der Waals surface area contributed by atoms with Crippen LogP contribution in [0.25, 0.3) is 10.8 Å². The Kier molecular flexibility index (Phi) is 3.43. The maximum atomic E-state index is 5.79. The molecule has 18 heavy (non-hydrogen) atoms. The van der Waals surface area contributed by atoms with Crippen LogP contribution >= 0.6 is 11.3 Å². The molecule has 0 amide bonds. The molecular formula is C13H17N3OS. The zero-order valence-electron chi connectivity index (χ0n) is 10.2. The van der Waals surface area contributed by atoms with Crippen molar-refractivity contribution in [2.24, 2.45) is 11.7 Å². The first-order chi connectivity index (χ1) is 8.86. The van der Waals surface area contributed by atoms with Crippen molar-refractivity contribution >= 4 is 11.3 Å². The second-order valence-corrected chi connectivity index (χ2v) is 5.82. The van der Waals surface area contributed by atoms with Gasteiger partial charge in [0.25, 0.3) is 5.89 Å². The first-order valence-electron chi connectivity index (χ1n) is 6.44. The first kappa shape index (κ1) is 11.9. The van der Waals surface area contributed by atoms with Crippen LogP contribution < -0.4 is 5.73 Å². The van der Waals surface area contributed by atoms with Crippen molar-refractivity contribution in [2.75, 3.05) is 6.54 Å². The maximum Gasteiger partial charge on any atom is 0.257 e. The van der Waals surface area contributed by atoms with Crippen molar-refractivity contribution in [1.29, 1.82) is 0 Å². The normalized spacial score (nSPS) is 24.3. The zero-order valence-corrected chi connectivity index (χ0v) is 11.0. The van der Waals surface area contributed by atoms with Gasteiger partial charge in [0.2, 0.25) is 5.89 Å². The molecule has 0 radical (unpaired) electrons. The topological polar surface area (TPSA) is 64.9 Å². The molecule has 1 saturated carbocycles. The van der Waals surface area contributed by atoms with E-state index in [0.29, 0.717) is 17.7 Å². The van der Waals surface area contributed by atoms with Crippen LogP contribution in [0.5, 0.6) is 0 Å². The molecule has 0 bridgehead atoms. The minimum Gasteiger partial charge on any atom is -0.420 e. The summed E-state index contributed by atoms with van der Waals surface area (Å²) in [4.78, 5) is 1.05. The van der Waals surface area contributed by atoms with Crippen molar-refractivity contribution in [1.82, 2.24) is 10.2 Å². The highest BCUT2D eigenvalue weighted by Gasteiger charge is 2.25. The third-order valence-electron chi connectivity index (χ3n) is 3.70. The highest BCUT2D eigenvalue weighted by Crippen LogP contribution is 2.36. The molecule has 2 N–H and O–H groups in total. The van der Waals surface area contributed by atoms with Crippen molar-refractivity contribution < 1.29 is 4.42 Å². The fraction of sp³-hybridized carbons (Fsp3) is 0.538. The van der Waals surface area contributed by atoms with Crippen molar-refractivity contribution in [3.63, 3.8) is 0 Å². The second-order valence-electron chi connectivity index (χ2n) is 4.88. The number of nitrogens with two attached hydrogens (primary N) is 1. The van der Waals surface area contributed by atoms with E-state index >= 15 is 0 Å². The van der Waals surface area contributed by atoms with Gasteiger partial charge in [0.1, 0.15) is 0 Å². The summed E-state index contributed by atoms with van der Waals surface area (Å²) in [5.41, 5.74) is 5.71. The molecule has 5 heteroatoms. The first-order valence-corrected chi connectivity index (χ1v) is 7.32. The average molecular weight is 263 g/mol. The number of thiophene rings is 1. The van der Waals surface area contributed by atoms with E-state index in [1.807, 2.05) is 17.5 Å². The summed E-state index contributed by atoms with van der Waals surface area (Å²) < 4.78 is 5.79. The van der Waals surface area contributed by atoms with Crippen molar-refractivity contribution in [3.05, 3.63) is 23.4 Å². The van der Waals surface area contributed by atoms with Gasteiger partial charge in [-0.15, -0.1) is 21.5 Å². The van der Waals surface area contributed by atoms with Gasteiger partial charge in [-0.05, 0) is 49.6 Å². The van der Waals surface area contributed by atoms with Crippen LogP contribution in [0, 0.1) is 5.92 Å². The predicted octanol–water partition coefficient (Wildman–Crippen LogP) is 3.03. The van der Waals surface area contributed by atoms with Gasteiger partial charge in [-0.25, -0.2) is 0 Å². The van der Waals surface area contributed by atoms with Crippen LogP contribution in [0.2, 0.25) is 0 Å². The molecule has 1 aliphatic rings. The predicted molar refractivity (Wildman–Crippen MR) is 71.4 cm³/mol. The zero-order chi connectivity index (χ0) is 12.4. The summed E-state index contributed by atoms with van der Waals surface area (Å²) in [7, 11) is 0. The third kappa shape index (κ3) is 2.33. The molecule has 0 aromatic carbocycles. The van der Waals surface area contributed by atoms with E-state index in [9.17, 15) is 0 Å². The Balaban J connectivity index is 1.71. The number of hydrogen-bond acceptors (Lipinski definition) is 5. The van der Waals surface area contributed by atoms with E-state index in [1.165, 1.54) is 12.8 Å². The molecule has 0 atom stereocenters. The molecule has 2 aromatic rings. The summed E-state index contributed by atoms with van der Waals surface area (Å²) in [5.74, 6) is 2.56. The van der Waals surface area contributed by atoms with Crippen LogP contribution in [0.15, 0.2) is 21.9 Å². The molecule has 0 unspecified atom stereocenters. The number of aromatic nitrogens is 2. The van der Waals surface area contributed by atoms with Gasteiger partial charge in [0, 0.05) is 5.92 Å². The molecule has 0 aliphatic heterocycles. The molecule has 0 saturated heterocycles. The highest BCUT2D eigenvalue weighted by atomic mass is 32.1. The quantitative estimate of drug-likeness (QED) is 0.924. The van der Waals surface area contributed by atoms with Crippen LogP contribution in [0.4, 0.5) is 0 Å². The summed E-state index contributed by atoms with van der Waals surface area (Å²) in [6, 6.07) is 4.00. The number of nitrogens with zero attached hydrogens (tertiary/aromatic N) is 2. The van der Waals surface area contributed by atoms with E-state index < -0.39 is 0 Å². The Labute approximate surface area is 110 Å².